The van der Waals surface area contributed by atoms with Crippen LogP contribution in [0.2, 0.25) is 0 Å². The Kier molecular flexibility index (Phi) is 9.98. The average molecular weight is 539 g/mol. The Balaban J connectivity index is 1.66. The quantitative estimate of drug-likeness (QED) is 0.290. The largest absolute Gasteiger partial charge is 0.508 e. The van der Waals surface area contributed by atoms with E-state index in [9.17, 15) is 14.7 Å². The van der Waals surface area contributed by atoms with Crippen LogP contribution in [0.4, 0.5) is 4.79 Å². The second-order valence-electron chi connectivity index (χ2n) is 10.5. The van der Waals surface area contributed by atoms with Crippen LogP contribution >= 0.6 is 0 Å². The van der Waals surface area contributed by atoms with E-state index >= 15 is 0 Å². The molecule has 0 saturated heterocycles. The van der Waals surface area contributed by atoms with Crippen LogP contribution in [0, 0.1) is 6.92 Å². The molecule has 9 heteroatoms. The van der Waals surface area contributed by atoms with Gasteiger partial charge in [-0.25, -0.2) is 9.78 Å². The number of benzene rings is 2. The maximum Gasteiger partial charge on any atom is 0.407 e. The highest BCUT2D eigenvalue weighted by molar-refractivity contribution is 5.70. The second kappa shape index (κ2) is 13.2. The molecule has 0 aliphatic carbocycles. The Morgan fingerprint density at radius 3 is 2.54 bits per heavy atom. The molecule has 0 saturated carbocycles. The Hall–Kier alpha value is -4.01. The third kappa shape index (κ3) is 9.67. The van der Waals surface area contributed by atoms with Gasteiger partial charge in [-0.15, -0.1) is 0 Å². The summed E-state index contributed by atoms with van der Waals surface area (Å²) in [7, 11) is 0. The average Bonchev–Trinajstić information content (AvgIpc) is 3.21. The lowest BCUT2D eigenvalue weighted by Crippen LogP contribution is -2.27. The fraction of sp³-hybridized carbons (Fsp3) is 0.433. The topological polar surface area (TPSA) is 120 Å². The monoisotopic (exact) mass is 538 g/mol. The van der Waals surface area contributed by atoms with Gasteiger partial charge < -0.3 is 29.1 Å². The van der Waals surface area contributed by atoms with Crippen LogP contribution in [0.3, 0.4) is 0 Å². The molecule has 0 atom stereocenters. The second-order valence-corrected chi connectivity index (χ2v) is 10.5. The zero-order chi connectivity index (χ0) is 28.6. The summed E-state index contributed by atoms with van der Waals surface area (Å²) in [5.41, 5.74) is 2.63. The van der Waals surface area contributed by atoms with E-state index in [-0.39, 0.29) is 30.8 Å². The zero-order valence-corrected chi connectivity index (χ0v) is 23.5. The number of carbonyl (C=O) groups excluding carboxylic acids is 2. The molecule has 0 aliphatic heterocycles. The predicted octanol–water partition coefficient (Wildman–Crippen LogP) is 5.89. The van der Waals surface area contributed by atoms with Gasteiger partial charge in [0.1, 0.15) is 22.9 Å². The Labute approximate surface area is 229 Å². The molecule has 210 valence electrons. The van der Waals surface area contributed by atoms with Crippen molar-refractivity contribution in [2.24, 2.45) is 0 Å². The normalized spacial score (nSPS) is 11.4. The van der Waals surface area contributed by atoms with Gasteiger partial charge in [0.2, 0.25) is 5.89 Å². The summed E-state index contributed by atoms with van der Waals surface area (Å²) in [6.45, 7) is 11.5. The number of hydrogen-bond donors (Lipinski definition) is 2. The fourth-order valence-corrected chi connectivity index (χ4v) is 3.84. The van der Waals surface area contributed by atoms with Crippen molar-refractivity contribution in [3.05, 3.63) is 65.0 Å². The van der Waals surface area contributed by atoms with E-state index in [2.05, 4.69) is 10.3 Å². The summed E-state index contributed by atoms with van der Waals surface area (Å²) in [5.74, 6) is 1.61. The third-order valence-corrected chi connectivity index (χ3v) is 5.56. The molecule has 0 fully saturated rings. The molecule has 9 nitrogen and oxygen atoms in total. The summed E-state index contributed by atoms with van der Waals surface area (Å²) < 4.78 is 22.4. The summed E-state index contributed by atoms with van der Waals surface area (Å²) in [6, 6.07) is 12.3. The molecular weight excluding hydrogens is 500 g/mol. The first kappa shape index (κ1) is 29.5. The smallest absolute Gasteiger partial charge is 0.407 e. The molecule has 3 aromatic rings. The van der Waals surface area contributed by atoms with Crippen LogP contribution in [0.15, 0.2) is 46.9 Å². The number of aromatic nitrogens is 1. The number of nitrogens with one attached hydrogen (secondary N) is 1. The van der Waals surface area contributed by atoms with Crippen molar-refractivity contribution in [3.63, 3.8) is 0 Å². The van der Waals surface area contributed by atoms with Crippen molar-refractivity contribution in [2.45, 2.75) is 79.1 Å². The number of rotatable bonds is 11. The number of phenols is 1. The highest BCUT2D eigenvalue weighted by atomic mass is 16.6. The number of aryl methyl sites for hydroxylation is 2. The van der Waals surface area contributed by atoms with Crippen LogP contribution in [-0.4, -0.2) is 40.5 Å². The van der Waals surface area contributed by atoms with Gasteiger partial charge in [-0.05, 0) is 89.4 Å². The number of phenolic OH excluding ortho intramolecular Hbond substituents is 1. The van der Waals surface area contributed by atoms with Crippen molar-refractivity contribution in [1.82, 2.24) is 10.3 Å². The first-order valence-electron chi connectivity index (χ1n) is 13.1. The minimum absolute atomic E-state index is 0.144. The first-order chi connectivity index (χ1) is 18.4. The van der Waals surface area contributed by atoms with Crippen molar-refractivity contribution in [2.75, 3.05) is 6.61 Å². The lowest BCUT2D eigenvalue weighted by Gasteiger charge is -2.20. The van der Waals surface area contributed by atoms with Gasteiger partial charge in [-0.2, -0.15) is 0 Å². The molecule has 2 aromatic carbocycles. The standard InChI is InChI=1S/C30H38N2O7/c1-19(2)37-29(35)31-18-23-17-25(12-10-21(23)11-13-27(34)39-30(4,5)6)36-15-14-26-20(3)38-28(32-26)22-8-7-9-24(33)16-22/h7-10,12,16-17,19,33H,11,13-15,18H2,1-6H3,(H,31,35). The third-order valence-electron chi connectivity index (χ3n) is 5.56. The minimum Gasteiger partial charge on any atom is -0.508 e. The number of alkyl carbamates (subject to hydrolysis) is 1. The zero-order valence-electron chi connectivity index (χ0n) is 23.5. The van der Waals surface area contributed by atoms with Crippen molar-refractivity contribution in [3.8, 4) is 23.0 Å². The Morgan fingerprint density at radius 2 is 1.85 bits per heavy atom. The van der Waals surface area contributed by atoms with Crippen molar-refractivity contribution >= 4 is 12.1 Å². The summed E-state index contributed by atoms with van der Waals surface area (Å²) >= 11 is 0. The Morgan fingerprint density at radius 1 is 1.08 bits per heavy atom. The Bertz CT molecular complexity index is 1270. The van der Waals surface area contributed by atoms with Gasteiger partial charge in [-0.3, -0.25) is 4.79 Å². The van der Waals surface area contributed by atoms with Gasteiger partial charge in [0.25, 0.3) is 0 Å². The molecule has 0 unspecified atom stereocenters. The molecule has 1 amide bonds. The molecule has 1 heterocycles. The maximum absolute atomic E-state index is 12.2. The minimum atomic E-state index is -0.550. The summed E-state index contributed by atoms with van der Waals surface area (Å²) in [4.78, 5) is 28.9. The highest BCUT2D eigenvalue weighted by Crippen LogP contribution is 2.25. The van der Waals surface area contributed by atoms with Crippen molar-refractivity contribution in [1.29, 1.82) is 0 Å². The highest BCUT2D eigenvalue weighted by Gasteiger charge is 2.17. The lowest BCUT2D eigenvalue weighted by atomic mass is 10.0. The number of nitrogens with zero attached hydrogens (tertiary/aromatic N) is 1. The van der Waals surface area contributed by atoms with Crippen LogP contribution in [0.5, 0.6) is 11.5 Å². The maximum atomic E-state index is 12.2. The molecular formula is C30H38N2O7. The van der Waals surface area contributed by atoms with Crippen LogP contribution in [-0.2, 0) is 33.7 Å². The van der Waals surface area contributed by atoms with Gasteiger partial charge in [-0.1, -0.05) is 12.1 Å². The molecule has 0 bridgehead atoms. The molecule has 1 aromatic heterocycles. The summed E-state index contributed by atoms with van der Waals surface area (Å²) in [5, 5.41) is 12.5. The van der Waals surface area contributed by atoms with E-state index in [0.29, 0.717) is 42.4 Å². The number of hydrogen-bond acceptors (Lipinski definition) is 8. The van der Waals surface area contributed by atoms with E-state index in [1.165, 1.54) is 0 Å². The van der Waals surface area contributed by atoms with Gasteiger partial charge >= 0.3 is 12.1 Å². The van der Waals surface area contributed by atoms with Crippen LogP contribution in [0.1, 0.15) is 63.6 Å². The first-order valence-corrected chi connectivity index (χ1v) is 13.1. The number of carbonyl (C=O) groups is 2. The van der Waals surface area contributed by atoms with Crippen molar-refractivity contribution < 1.29 is 33.3 Å². The van der Waals surface area contributed by atoms with E-state index in [1.807, 2.05) is 52.0 Å². The van der Waals surface area contributed by atoms with Gasteiger partial charge in [0, 0.05) is 24.9 Å². The lowest BCUT2D eigenvalue weighted by molar-refractivity contribution is -0.154. The molecule has 0 aliphatic rings. The van der Waals surface area contributed by atoms with E-state index in [4.69, 9.17) is 18.6 Å². The molecule has 39 heavy (non-hydrogen) atoms. The number of amides is 1. The SMILES string of the molecule is Cc1oc(-c2cccc(O)c2)nc1CCOc1ccc(CCC(=O)OC(C)(C)C)c(CNC(=O)OC(C)C)c1. The van der Waals surface area contributed by atoms with Crippen LogP contribution < -0.4 is 10.1 Å². The fourth-order valence-electron chi connectivity index (χ4n) is 3.84. The summed E-state index contributed by atoms with van der Waals surface area (Å²) in [6.07, 6.45) is 0.441. The van der Waals surface area contributed by atoms with E-state index < -0.39 is 11.7 Å². The van der Waals surface area contributed by atoms with Gasteiger partial charge in [0.15, 0.2) is 0 Å². The molecule has 0 spiro atoms. The predicted molar refractivity (Wildman–Crippen MR) is 147 cm³/mol. The molecule has 2 N–H and O–H groups in total. The van der Waals surface area contributed by atoms with Gasteiger partial charge in [0.05, 0.1) is 18.4 Å². The number of oxazole rings is 1. The molecule has 3 rings (SSSR count). The number of ether oxygens (including phenoxy) is 3. The van der Waals surface area contributed by atoms with Crippen LogP contribution in [0.25, 0.3) is 11.5 Å². The van der Waals surface area contributed by atoms with E-state index in [1.54, 1.807) is 32.0 Å². The van der Waals surface area contributed by atoms with E-state index in [0.717, 1.165) is 16.8 Å². The molecule has 0 radical (unpaired) electrons. The number of aromatic hydroxyl groups is 1. The number of esters is 1.